The Kier molecular flexibility index (Phi) is 7.91. The molecule has 8 nitrogen and oxygen atoms in total. The van der Waals surface area contributed by atoms with Crippen LogP contribution in [0.2, 0.25) is 0 Å². The molecule has 0 aliphatic carbocycles. The van der Waals surface area contributed by atoms with Gasteiger partial charge in [-0.1, -0.05) is 15.9 Å². The Hall–Kier alpha value is -1.59. The highest BCUT2D eigenvalue weighted by Gasteiger charge is 2.19. The molecule has 10 heteroatoms. The second-order valence-electron chi connectivity index (χ2n) is 5.55. The first-order chi connectivity index (χ1) is 12.5. The van der Waals surface area contributed by atoms with E-state index in [1.807, 2.05) is 18.2 Å². The van der Waals surface area contributed by atoms with Crippen molar-refractivity contribution >= 4 is 49.9 Å². The largest absolute Gasteiger partial charge is 0.493 e. The van der Waals surface area contributed by atoms with Gasteiger partial charge >= 0.3 is 0 Å². The molecule has 0 saturated heterocycles. The molecule has 0 unspecified atom stereocenters. The lowest BCUT2D eigenvalue weighted by molar-refractivity contribution is 0.0951. The summed E-state index contributed by atoms with van der Waals surface area (Å²) in [6.45, 7) is 2.98. The van der Waals surface area contributed by atoms with E-state index in [2.05, 4.69) is 31.1 Å². The Balaban J connectivity index is 2.44. The highest BCUT2D eigenvalue weighted by atomic mass is 79.9. The van der Waals surface area contributed by atoms with Crippen LogP contribution >= 0.6 is 28.1 Å². The Labute approximate surface area is 165 Å². The molecule has 26 heavy (non-hydrogen) atoms. The van der Waals surface area contributed by atoms with Gasteiger partial charge in [0.2, 0.25) is 11.0 Å². The molecule has 3 N–H and O–H groups in total. The first-order valence-electron chi connectivity index (χ1n) is 7.90. The maximum atomic E-state index is 10.7. The van der Waals surface area contributed by atoms with E-state index in [0.717, 1.165) is 15.4 Å². The second-order valence-corrected chi connectivity index (χ2v) is 6.88. The third-order valence-corrected chi connectivity index (χ3v) is 4.36. The lowest BCUT2D eigenvalue weighted by Gasteiger charge is -2.23. The van der Waals surface area contributed by atoms with Gasteiger partial charge in [-0.25, -0.2) is 0 Å². The van der Waals surface area contributed by atoms with Crippen LogP contribution in [0.15, 0.2) is 32.9 Å². The highest BCUT2D eigenvalue weighted by molar-refractivity contribution is 9.10. The topological polar surface area (TPSA) is 97.6 Å². The number of rotatable bonds is 9. The molecule has 0 aliphatic rings. The monoisotopic (exact) mass is 443 g/mol. The van der Waals surface area contributed by atoms with Crippen LogP contribution in [0, 0.1) is 0 Å². The maximum Gasteiger partial charge on any atom is 0.221 e. The van der Waals surface area contributed by atoms with Crippen molar-refractivity contribution in [2.45, 2.75) is 6.67 Å². The Morgan fingerprint density at radius 1 is 1.31 bits per heavy atom. The minimum absolute atomic E-state index is 0.00191. The van der Waals surface area contributed by atoms with Gasteiger partial charge in [0.15, 0.2) is 5.69 Å². The summed E-state index contributed by atoms with van der Waals surface area (Å²) in [6.07, 6.45) is 0. The third kappa shape index (κ3) is 5.21. The van der Waals surface area contributed by atoms with Crippen LogP contribution in [0.5, 0.6) is 5.88 Å². The fourth-order valence-electron chi connectivity index (χ4n) is 2.53. The van der Waals surface area contributed by atoms with Gasteiger partial charge in [-0.05, 0) is 30.4 Å². The van der Waals surface area contributed by atoms with E-state index in [1.54, 1.807) is 18.8 Å². The summed E-state index contributed by atoms with van der Waals surface area (Å²) in [5.41, 5.74) is 6.55. The fourth-order valence-corrected chi connectivity index (χ4v) is 2.93. The minimum Gasteiger partial charge on any atom is -0.493 e. The van der Waals surface area contributed by atoms with Crippen molar-refractivity contribution in [3.05, 3.63) is 22.7 Å². The number of hydrogen-bond acceptors (Lipinski definition) is 6. The van der Waals surface area contributed by atoms with E-state index in [0.29, 0.717) is 38.7 Å². The highest BCUT2D eigenvalue weighted by Crippen LogP contribution is 2.40. The number of benzene rings is 1. The second kappa shape index (κ2) is 9.93. The van der Waals surface area contributed by atoms with Gasteiger partial charge < -0.3 is 20.3 Å². The van der Waals surface area contributed by atoms with Crippen molar-refractivity contribution in [1.29, 1.82) is 0 Å². The van der Waals surface area contributed by atoms with Gasteiger partial charge in [-0.3, -0.25) is 9.47 Å². The van der Waals surface area contributed by atoms with Crippen molar-refractivity contribution in [3.8, 4) is 5.88 Å². The Morgan fingerprint density at radius 3 is 2.54 bits per heavy atom. The van der Waals surface area contributed by atoms with Gasteiger partial charge in [0.25, 0.3) is 0 Å². The van der Waals surface area contributed by atoms with Gasteiger partial charge in [0.1, 0.15) is 0 Å². The molecule has 0 atom stereocenters. The fraction of sp³-hybridized carbons (Fsp3) is 0.438. The number of thiocarbonyl (C=S) groups is 1. The van der Waals surface area contributed by atoms with Crippen LogP contribution in [0.4, 0.5) is 5.69 Å². The zero-order valence-electron chi connectivity index (χ0n) is 14.7. The van der Waals surface area contributed by atoms with E-state index < -0.39 is 0 Å². The molecule has 0 amide bonds. The summed E-state index contributed by atoms with van der Waals surface area (Å²) in [7, 11) is 3.31. The molecule has 0 bridgehead atoms. The summed E-state index contributed by atoms with van der Waals surface area (Å²) in [5.74, 6) is -0.00191. The molecule has 1 aromatic heterocycles. The lowest BCUT2D eigenvalue weighted by atomic mass is 10.2. The molecule has 142 valence electrons. The van der Waals surface area contributed by atoms with Crippen LogP contribution in [-0.4, -0.2) is 60.2 Å². The number of aromatic nitrogens is 1. The van der Waals surface area contributed by atoms with Crippen molar-refractivity contribution in [2.24, 2.45) is 16.0 Å². The molecule has 2 rings (SSSR count). The summed E-state index contributed by atoms with van der Waals surface area (Å²) in [5, 5.41) is 19.1. The van der Waals surface area contributed by atoms with Crippen LogP contribution in [0.3, 0.4) is 0 Å². The third-order valence-electron chi connectivity index (χ3n) is 3.79. The van der Waals surface area contributed by atoms with Gasteiger partial charge in [0, 0.05) is 37.2 Å². The Bertz CT molecular complexity index is 788. The lowest BCUT2D eigenvalue weighted by Crippen LogP contribution is -2.32. The quantitative estimate of drug-likeness (QED) is 0.456. The molecule has 0 saturated carbocycles. The minimum atomic E-state index is -0.0953. The van der Waals surface area contributed by atoms with Gasteiger partial charge in [0.05, 0.1) is 25.4 Å². The number of azo groups is 1. The van der Waals surface area contributed by atoms with Crippen LogP contribution in [0.25, 0.3) is 10.9 Å². The van der Waals surface area contributed by atoms with Gasteiger partial charge in [-0.2, -0.15) is 0 Å². The van der Waals surface area contributed by atoms with Crippen molar-refractivity contribution in [3.63, 3.8) is 0 Å². The summed E-state index contributed by atoms with van der Waals surface area (Å²) in [6, 6.07) is 5.68. The number of methoxy groups -OCH3 is 2. The molecule has 1 aromatic carbocycles. The number of nitrogens with two attached hydrogens (primary N) is 1. The van der Waals surface area contributed by atoms with E-state index in [9.17, 15) is 5.11 Å². The summed E-state index contributed by atoms with van der Waals surface area (Å²) < 4.78 is 13.0. The zero-order chi connectivity index (χ0) is 19.1. The molecule has 0 aliphatic heterocycles. The molecule has 0 fully saturated rings. The smallest absolute Gasteiger partial charge is 0.221 e. The summed E-state index contributed by atoms with van der Waals surface area (Å²) in [4.78, 5) is 2.11. The predicted octanol–water partition coefficient (Wildman–Crippen LogP) is 2.99. The van der Waals surface area contributed by atoms with Crippen molar-refractivity contribution in [1.82, 2.24) is 9.47 Å². The predicted molar refractivity (Wildman–Crippen MR) is 108 cm³/mol. The van der Waals surface area contributed by atoms with Crippen molar-refractivity contribution < 1.29 is 14.6 Å². The molecular weight excluding hydrogens is 422 g/mol. The number of fused-ring (bicyclic) bond motifs is 1. The maximum absolute atomic E-state index is 10.7. The standard InChI is InChI=1S/C16H22BrN5O3S/c1-24-7-5-21(6-8-25-2)10-22-13-4-3-11(17)9-12(13)14(15(22)23)19-20-16(18)26/h3-4,9,23H,5-8,10H2,1-2H3,(H2,18,26). The number of nitrogens with zero attached hydrogens (tertiary/aromatic N) is 4. The molecule has 0 radical (unpaired) electrons. The first kappa shape index (κ1) is 20.7. The zero-order valence-corrected chi connectivity index (χ0v) is 17.1. The number of ether oxygens (including phenoxy) is 2. The van der Waals surface area contributed by atoms with E-state index in [1.165, 1.54) is 0 Å². The van der Waals surface area contributed by atoms with E-state index in [-0.39, 0.29) is 11.0 Å². The normalized spacial score (nSPS) is 11.8. The Morgan fingerprint density at radius 2 is 1.96 bits per heavy atom. The van der Waals surface area contributed by atoms with Crippen molar-refractivity contribution in [2.75, 3.05) is 40.5 Å². The SMILES string of the molecule is COCCN(CCOC)Cn1c(O)c(N=NC(N)=S)c2cc(Br)ccc21. The molecule has 2 aromatic rings. The number of halogens is 1. The molecule has 0 spiro atoms. The van der Waals surface area contributed by atoms with Crippen LogP contribution in [0.1, 0.15) is 0 Å². The van der Waals surface area contributed by atoms with Crippen LogP contribution < -0.4 is 5.73 Å². The average Bonchev–Trinajstić information content (AvgIpc) is 2.86. The number of aromatic hydroxyl groups is 1. The molecular formula is C16H22BrN5O3S. The van der Waals surface area contributed by atoms with E-state index >= 15 is 0 Å². The number of hydrogen-bond donors (Lipinski definition) is 2. The van der Waals surface area contributed by atoms with Gasteiger partial charge in [-0.15, -0.1) is 10.2 Å². The van der Waals surface area contributed by atoms with Crippen LogP contribution in [-0.2, 0) is 16.1 Å². The molecule has 1 heterocycles. The van der Waals surface area contributed by atoms with E-state index in [4.69, 9.17) is 27.4 Å². The first-order valence-corrected chi connectivity index (χ1v) is 9.10. The average molecular weight is 444 g/mol. The summed E-state index contributed by atoms with van der Waals surface area (Å²) >= 11 is 8.19.